The number of hydrogen-bond acceptors (Lipinski definition) is 2. The van der Waals surface area contributed by atoms with Crippen LogP contribution in [0.5, 0.6) is 0 Å². The van der Waals surface area contributed by atoms with Crippen molar-refractivity contribution >= 4 is 5.69 Å². The molecule has 0 aliphatic heterocycles. The molecule has 0 aromatic heterocycles. The molecule has 90 valence electrons. The Morgan fingerprint density at radius 3 is 2.69 bits per heavy atom. The van der Waals surface area contributed by atoms with Crippen LogP contribution in [0.25, 0.3) is 0 Å². The van der Waals surface area contributed by atoms with Crippen LogP contribution in [-0.4, -0.2) is 17.8 Å². The van der Waals surface area contributed by atoms with Crippen LogP contribution >= 0.6 is 0 Å². The molecule has 1 atom stereocenters. The minimum absolute atomic E-state index is 0.0397. The van der Waals surface area contributed by atoms with Crippen molar-refractivity contribution in [2.45, 2.75) is 38.6 Å². The highest BCUT2D eigenvalue weighted by atomic mass is 19.1. The normalized spacial score (nSPS) is 12.4. The molecule has 1 aromatic rings. The minimum atomic E-state index is -0.267. The molecule has 0 fully saturated rings. The molecule has 1 rings (SSSR count). The fraction of sp³-hybridized carbons (Fsp3) is 0.538. The molecule has 3 heteroatoms. The number of halogens is 1. The van der Waals surface area contributed by atoms with E-state index < -0.39 is 0 Å². The number of aliphatic hydroxyl groups is 1. The molecule has 0 saturated carbocycles. The van der Waals surface area contributed by atoms with E-state index in [-0.39, 0.29) is 18.5 Å². The largest absolute Gasteiger partial charge is 0.394 e. The van der Waals surface area contributed by atoms with Crippen LogP contribution < -0.4 is 5.32 Å². The molecule has 0 heterocycles. The Hall–Kier alpha value is -1.09. The van der Waals surface area contributed by atoms with Crippen molar-refractivity contribution in [3.05, 3.63) is 30.1 Å². The van der Waals surface area contributed by atoms with Crippen LogP contribution in [0.2, 0.25) is 0 Å². The average molecular weight is 225 g/mol. The summed E-state index contributed by atoms with van der Waals surface area (Å²) in [7, 11) is 0. The number of benzene rings is 1. The van der Waals surface area contributed by atoms with Gasteiger partial charge in [-0.3, -0.25) is 0 Å². The maximum absolute atomic E-state index is 13.3. The second-order valence-electron chi connectivity index (χ2n) is 4.00. The van der Waals surface area contributed by atoms with E-state index in [1.165, 1.54) is 6.07 Å². The molecular formula is C13H20FNO. The van der Waals surface area contributed by atoms with Crippen molar-refractivity contribution < 1.29 is 9.50 Å². The molecule has 2 N–H and O–H groups in total. The molecular weight excluding hydrogens is 205 g/mol. The van der Waals surface area contributed by atoms with Crippen molar-refractivity contribution in [2.75, 3.05) is 11.9 Å². The van der Waals surface area contributed by atoms with Gasteiger partial charge in [-0.15, -0.1) is 0 Å². The molecule has 0 radical (unpaired) electrons. The van der Waals surface area contributed by atoms with Crippen LogP contribution in [0.15, 0.2) is 24.3 Å². The van der Waals surface area contributed by atoms with E-state index in [0.717, 1.165) is 25.7 Å². The van der Waals surface area contributed by atoms with E-state index in [9.17, 15) is 9.50 Å². The maximum Gasteiger partial charge on any atom is 0.146 e. The molecule has 2 nitrogen and oxygen atoms in total. The summed E-state index contributed by atoms with van der Waals surface area (Å²) in [4.78, 5) is 0. The fourth-order valence-corrected chi connectivity index (χ4v) is 1.65. The predicted molar refractivity (Wildman–Crippen MR) is 65.0 cm³/mol. The van der Waals surface area contributed by atoms with Gasteiger partial charge < -0.3 is 10.4 Å². The standard InChI is InChI=1S/C13H20FNO/c1-2-3-4-7-11(10-16)15-13-9-6-5-8-12(13)14/h5-6,8-9,11,15-16H,2-4,7,10H2,1H3. The van der Waals surface area contributed by atoms with Gasteiger partial charge in [0.2, 0.25) is 0 Å². The van der Waals surface area contributed by atoms with Crippen molar-refractivity contribution in [1.82, 2.24) is 0 Å². The van der Waals surface area contributed by atoms with Gasteiger partial charge in [-0.05, 0) is 18.6 Å². The summed E-state index contributed by atoms with van der Waals surface area (Å²) >= 11 is 0. The molecule has 0 spiro atoms. The second-order valence-corrected chi connectivity index (χ2v) is 4.00. The van der Waals surface area contributed by atoms with E-state index in [0.29, 0.717) is 5.69 Å². The molecule has 16 heavy (non-hydrogen) atoms. The number of para-hydroxylation sites is 1. The molecule has 0 amide bonds. The summed E-state index contributed by atoms with van der Waals surface area (Å²) < 4.78 is 13.3. The first kappa shape index (κ1) is 13.0. The van der Waals surface area contributed by atoms with Crippen LogP contribution in [-0.2, 0) is 0 Å². The van der Waals surface area contributed by atoms with Crippen LogP contribution in [0.4, 0.5) is 10.1 Å². The number of anilines is 1. The first-order valence-corrected chi connectivity index (χ1v) is 5.89. The lowest BCUT2D eigenvalue weighted by atomic mass is 10.1. The van der Waals surface area contributed by atoms with Gasteiger partial charge in [0.25, 0.3) is 0 Å². The Bertz CT molecular complexity index is 304. The van der Waals surface area contributed by atoms with E-state index >= 15 is 0 Å². The van der Waals surface area contributed by atoms with Gasteiger partial charge in [0.15, 0.2) is 0 Å². The first-order chi connectivity index (χ1) is 7.77. The van der Waals surface area contributed by atoms with E-state index in [2.05, 4.69) is 12.2 Å². The Labute approximate surface area is 96.5 Å². The van der Waals surface area contributed by atoms with Crippen molar-refractivity contribution in [3.8, 4) is 0 Å². The Kier molecular flexibility index (Phi) is 5.86. The molecule has 0 bridgehead atoms. The predicted octanol–water partition coefficient (Wildman–Crippen LogP) is 3.18. The number of hydrogen-bond donors (Lipinski definition) is 2. The maximum atomic E-state index is 13.3. The zero-order valence-corrected chi connectivity index (χ0v) is 9.75. The van der Waals surface area contributed by atoms with Gasteiger partial charge in [0.1, 0.15) is 5.82 Å². The molecule has 0 aliphatic rings. The lowest BCUT2D eigenvalue weighted by Gasteiger charge is -2.17. The third kappa shape index (κ3) is 4.19. The highest BCUT2D eigenvalue weighted by Crippen LogP contribution is 2.15. The number of nitrogens with one attached hydrogen (secondary N) is 1. The number of unbranched alkanes of at least 4 members (excludes halogenated alkanes) is 2. The summed E-state index contributed by atoms with van der Waals surface area (Å²) in [6.45, 7) is 2.18. The molecule has 1 unspecified atom stereocenters. The monoisotopic (exact) mass is 225 g/mol. The fourth-order valence-electron chi connectivity index (χ4n) is 1.65. The lowest BCUT2D eigenvalue weighted by molar-refractivity contribution is 0.266. The summed E-state index contributed by atoms with van der Waals surface area (Å²) in [5.74, 6) is -0.267. The number of aliphatic hydroxyl groups excluding tert-OH is 1. The molecule has 0 saturated heterocycles. The Morgan fingerprint density at radius 1 is 1.31 bits per heavy atom. The van der Waals surface area contributed by atoms with Gasteiger partial charge in [-0.1, -0.05) is 38.3 Å². The lowest BCUT2D eigenvalue weighted by Crippen LogP contribution is -2.24. The van der Waals surface area contributed by atoms with E-state index in [1.54, 1.807) is 18.2 Å². The summed E-state index contributed by atoms with van der Waals surface area (Å²) in [5, 5.41) is 12.2. The van der Waals surface area contributed by atoms with Crippen LogP contribution in [0.3, 0.4) is 0 Å². The molecule has 1 aromatic carbocycles. The second kappa shape index (κ2) is 7.23. The van der Waals surface area contributed by atoms with Gasteiger partial charge in [-0.2, -0.15) is 0 Å². The smallest absolute Gasteiger partial charge is 0.146 e. The summed E-state index contributed by atoms with van der Waals surface area (Å²) in [6, 6.07) is 6.50. The van der Waals surface area contributed by atoms with E-state index in [1.807, 2.05) is 0 Å². The highest BCUT2D eigenvalue weighted by Gasteiger charge is 2.08. The third-order valence-electron chi connectivity index (χ3n) is 2.61. The van der Waals surface area contributed by atoms with Gasteiger partial charge >= 0.3 is 0 Å². The average Bonchev–Trinajstić information content (AvgIpc) is 2.30. The number of rotatable bonds is 7. The van der Waals surface area contributed by atoms with Gasteiger partial charge in [0.05, 0.1) is 12.3 Å². The Morgan fingerprint density at radius 2 is 2.06 bits per heavy atom. The van der Waals surface area contributed by atoms with Crippen LogP contribution in [0, 0.1) is 5.82 Å². The van der Waals surface area contributed by atoms with Gasteiger partial charge in [-0.25, -0.2) is 4.39 Å². The van der Waals surface area contributed by atoms with Crippen LogP contribution in [0.1, 0.15) is 32.6 Å². The summed E-state index contributed by atoms with van der Waals surface area (Å²) in [5.41, 5.74) is 0.470. The van der Waals surface area contributed by atoms with Crippen molar-refractivity contribution in [2.24, 2.45) is 0 Å². The highest BCUT2D eigenvalue weighted by molar-refractivity contribution is 5.45. The first-order valence-electron chi connectivity index (χ1n) is 5.89. The Balaban J connectivity index is 2.46. The topological polar surface area (TPSA) is 32.3 Å². The molecule has 0 aliphatic carbocycles. The zero-order chi connectivity index (χ0) is 11.8. The summed E-state index contributed by atoms with van der Waals surface area (Å²) in [6.07, 6.45) is 4.23. The third-order valence-corrected chi connectivity index (χ3v) is 2.61. The van der Waals surface area contributed by atoms with Crippen molar-refractivity contribution in [3.63, 3.8) is 0 Å². The van der Waals surface area contributed by atoms with E-state index in [4.69, 9.17) is 0 Å². The zero-order valence-electron chi connectivity index (χ0n) is 9.75. The van der Waals surface area contributed by atoms with Gasteiger partial charge in [0, 0.05) is 6.04 Å². The minimum Gasteiger partial charge on any atom is -0.394 e. The van der Waals surface area contributed by atoms with Crippen molar-refractivity contribution in [1.29, 1.82) is 0 Å². The quantitative estimate of drug-likeness (QED) is 0.698. The SMILES string of the molecule is CCCCCC(CO)Nc1ccccc1F.